The van der Waals surface area contributed by atoms with Crippen LogP contribution in [-0.2, 0) is 0 Å². The number of hydrogen-bond acceptors (Lipinski definition) is 4. The number of carbonyl (C=O) groups excluding carboxylic acids is 1. The summed E-state index contributed by atoms with van der Waals surface area (Å²) < 4.78 is 0. The molecule has 0 aliphatic heterocycles. The Bertz CT molecular complexity index is 673. The molecule has 2 aromatic rings. The maximum atomic E-state index is 12.8. The lowest BCUT2D eigenvalue weighted by atomic mass is 10.2. The minimum absolute atomic E-state index is 0.111. The van der Waals surface area contributed by atoms with Crippen molar-refractivity contribution in [2.75, 3.05) is 12.3 Å². The monoisotopic (exact) mass is 287 g/mol. The summed E-state index contributed by atoms with van der Waals surface area (Å²) in [6.07, 6.45) is 6.55. The van der Waals surface area contributed by atoms with Crippen LogP contribution in [0.5, 0.6) is 0 Å². The molecular weight excluding hydrogens is 270 g/mol. The van der Waals surface area contributed by atoms with E-state index in [1.54, 1.807) is 6.20 Å². The molecule has 104 valence electrons. The van der Waals surface area contributed by atoms with Crippen LogP contribution in [0.2, 0.25) is 0 Å². The van der Waals surface area contributed by atoms with Crippen LogP contribution in [0.4, 0.5) is 5.69 Å². The van der Waals surface area contributed by atoms with Crippen LogP contribution >= 0.6 is 11.3 Å². The number of nitrogens with two attached hydrogens (primary N) is 1. The van der Waals surface area contributed by atoms with Gasteiger partial charge in [0.25, 0.3) is 5.91 Å². The SMILES string of the molecule is Nc1c(C(=O)N(CC2CC2)C2CC2)sc2ncccc12. The van der Waals surface area contributed by atoms with Gasteiger partial charge in [-0.05, 0) is 43.7 Å². The fraction of sp³-hybridized carbons (Fsp3) is 0.467. The highest BCUT2D eigenvalue weighted by atomic mass is 32.1. The highest BCUT2D eigenvalue weighted by Crippen LogP contribution is 2.38. The first-order valence-electron chi connectivity index (χ1n) is 7.18. The van der Waals surface area contributed by atoms with Gasteiger partial charge < -0.3 is 10.6 Å². The van der Waals surface area contributed by atoms with Crippen molar-refractivity contribution >= 4 is 33.1 Å². The van der Waals surface area contributed by atoms with Gasteiger partial charge in [-0.25, -0.2) is 4.98 Å². The van der Waals surface area contributed by atoms with Gasteiger partial charge in [-0.15, -0.1) is 11.3 Å². The molecule has 2 fully saturated rings. The molecule has 2 N–H and O–H groups in total. The van der Waals surface area contributed by atoms with E-state index in [0.29, 0.717) is 22.5 Å². The summed E-state index contributed by atoms with van der Waals surface area (Å²) in [6.45, 7) is 0.907. The van der Waals surface area contributed by atoms with Crippen molar-refractivity contribution in [2.45, 2.75) is 31.7 Å². The van der Waals surface area contributed by atoms with E-state index in [1.807, 2.05) is 12.1 Å². The van der Waals surface area contributed by atoms with Crippen LogP contribution < -0.4 is 5.73 Å². The van der Waals surface area contributed by atoms with Crippen molar-refractivity contribution in [2.24, 2.45) is 5.92 Å². The second-order valence-corrected chi connectivity index (χ2v) is 6.83. The topological polar surface area (TPSA) is 59.2 Å². The maximum Gasteiger partial charge on any atom is 0.266 e. The standard InChI is InChI=1S/C15H17N3OS/c16-12-11-2-1-7-17-14(11)20-13(12)15(19)18(10-5-6-10)8-9-3-4-9/h1-2,7,9-10H,3-6,8,16H2. The van der Waals surface area contributed by atoms with Gasteiger partial charge >= 0.3 is 0 Å². The zero-order valence-electron chi connectivity index (χ0n) is 11.2. The Balaban J connectivity index is 1.69. The lowest BCUT2D eigenvalue weighted by Crippen LogP contribution is -2.34. The normalized spacial score (nSPS) is 18.4. The quantitative estimate of drug-likeness (QED) is 0.940. The molecule has 0 unspecified atom stereocenters. The molecule has 2 heterocycles. The predicted molar refractivity (Wildman–Crippen MR) is 80.8 cm³/mol. The van der Waals surface area contributed by atoms with Crippen molar-refractivity contribution in [3.63, 3.8) is 0 Å². The molecule has 5 heteroatoms. The molecule has 2 aromatic heterocycles. The molecule has 4 nitrogen and oxygen atoms in total. The number of rotatable bonds is 4. The van der Waals surface area contributed by atoms with Crippen LogP contribution in [0.25, 0.3) is 10.2 Å². The highest BCUT2D eigenvalue weighted by molar-refractivity contribution is 7.21. The number of anilines is 1. The molecule has 2 aliphatic carbocycles. The number of nitrogen functional groups attached to an aromatic ring is 1. The minimum Gasteiger partial charge on any atom is -0.397 e. The van der Waals surface area contributed by atoms with Crippen molar-refractivity contribution < 1.29 is 4.79 Å². The van der Waals surface area contributed by atoms with Gasteiger partial charge in [-0.2, -0.15) is 0 Å². The smallest absolute Gasteiger partial charge is 0.266 e. The molecule has 0 spiro atoms. The van der Waals surface area contributed by atoms with Gasteiger partial charge in [0.15, 0.2) is 0 Å². The lowest BCUT2D eigenvalue weighted by molar-refractivity contribution is 0.0741. The maximum absolute atomic E-state index is 12.8. The first kappa shape index (κ1) is 12.1. The Kier molecular flexibility index (Phi) is 2.70. The summed E-state index contributed by atoms with van der Waals surface area (Å²) in [5, 5.41) is 0.906. The van der Waals surface area contributed by atoms with E-state index in [2.05, 4.69) is 9.88 Å². The Morgan fingerprint density at radius 3 is 2.85 bits per heavy atom. The molecule has 4 rings (SSSR count). The fourth-order valence-corrected chi connectivity index (χ4v) is 3.62. The number of thiophene rings is 1. The average Bonchev–Trinajstić information content (AvgIpc) is 3.35. The van der Waals surface area contributed by atoms with Crippen LogP contribution in [-0.4, -0.2) is 28.4 Å². The van der Waals surface area contributed by atoms with E-state index in [1.165, 1.54) is 24.2 Å². The molecule has 2 saturated carbocycles. The Morgan fingerprint density at radius 1 is 1.40 bits per heavy atom. The second kappa shape index (κ2) is 4.45. The first-order valence-corrected chi connectivity index (χ1v) is 7.99. The third-order valence-electron chi connectivity index (χ3n) is 4.10. The van der Waals surface area contributed by atoms with Crippen molar-refractivity contribution in [3.05, 3.63) is 23.2 Å². The molecule has 2 aliphatic rings. The summed E-state index contributed by atoms with van der Waals surface area (Å²) in [6, 6.07) is 4.25. The van der Waals surface area contributed by atoms with Crippen molar-refractivity contribution in [3.8, 4) is 0 Å². The summed E-state index contributed by atoms with van der Waals surface area (Å²) in [5.74, 6) is 0.827. The third-order valence-corrected chi connectivity index (χ3v) is 5.22. The van der Waals surface area contributed by atoms with E-state index in [-0.39, 0.29) is 5.91 Å². The van der Waals surface area contributed by atoms with Crippen LogP contribution in [0.15, 0.2) is 18.3 Å². The Labute approximate surface area is 121 Å². The summed E-state index contributed by atoms with van der Waals surface area (Å²) in [5.41, 5.74) is 6.77. The van der Waals surface area contributed by atoms with Gasteiger partial charge in [0.1, 0.15) is 9.71 Å². The van der Waals surface area contributed by atoms with Crippen LogP contribution in [0.1, 0.15) is 35.4 Å². The average molecular weight is 287 g/mol. The molecule has 1 amide bonds. The summed E-state index contributed by atoms with van der Waals surface area (Å²) in [7, 11) is 0. The van der Waals surface area contributed by atoms with Crippen molar-refractivity contribution in [1.82, 2.24) is 9.88 Å². The number of aromatic nitrogens is 1. The first-order chi connectivity index (χ1) is 9.74. The van der Waals surface area contributed by atoms with Crippen LogP contribution in [0, 0.1) is 5.92 Å². The highest BCUT2D eigenvalue weighted by Gasteiger charge is 2.38. The Morgan fingerprint density at radius 2 is 2.20 bits per heavy atom. The van der Waals surface area contributed by atoms with E-state index in [9.17, 15) is 4.79 Å². The van der Waals surface area contributed by atoms with Gasteiger partial charge in [-0.1, -0.05) is 0 Å². The molecule has 0 aromatic carbocycles. The zero-order chi connectivity index (χ0) is 13.7. The van der Waals surface area contributed by atoms with Gasteiger partial charge in [0.05, 0.1) is 5.69 Å². The number of nitrogens with zero attached hydrogens (tertiary/aromatic N) is 2. The fourth-order valence-electron chi connectivity index (χ4n) is 2.60. The predicted octanol–water partition coefficient (Wildman–Crippen LogP) is 2.89. The third kappa shape index (κ3) is 2.06. The minimum atomic E-state index is 0.111. The van der Waals surface area contributed by atoms with Crippen molar-refractivity contribution in [1.29, 1.82) is 0 Å². The van der Waals surface area contributed by atoms with E-state index in [0.717, 1.165) is 29.6 Å². The van der Waals surface area contributed by atoms with Gasteiger partial charge in [-0.3, -0.25) is 4.79 Å². The van der Waals surface area contributed by atoms with Gasteiger partial charge in [0, 0.05) is 24.2 Å². The molecular formula is C15H17N3OS. The van der Waals surface area contributed by atoms with Gasteiger partial charge in [0.2, 0.25) is 0 Å². The number of amides is 1. The van der Waals surface area contributed by atoms with E-state index in [4.69, 9.17) is 5.73 Å². The number of pyridine rings is 1. The van der Waals surface area contributed by atoms with E-state index < -0.39 is 0 Å². The summed E-state index contributed by atoms with van der Waals surface area (Å²) >= 11 is 1.43. The second-order valence-electron chi connectivity index (χ2n) is 5.83. The number of carbonyl (C=O) groups is 1. The number of fused-ring (bicyclic) bond motifs is 1. The molecule has 0 saturated heterocycles. The lowest BCUT2D eigenvalue weighted by Gasteiger charge is -2.21. The Hall–Kier alpha value is -1.62. The largest absolute Gasteiger partial charge is 0.397 e. The molecule has 0 bridgehead atoms. The number of hydrogen-bond donors (Lipinski definition) is 1. The zero-order valence-corrected chi connectivity index (χ0v) is 12.0. The summed E-state index contributed by atoms with van der Waals surface area (Å²) in [4.78, 5) is 20.7. The molecule has 20 heavy (non-hydrogen) atoms. The molecule has 0 radical (unpaired) electrons. The molecule has 0 atom stereocenters. The van der Waals surface area contributed by atoms with Crippen LogP contribution in [0.3, 0.4) is 0 Å². The van der Waals surface area contributed by atoms with E-state index >= 15 is 0 Å².